The number of fused-ring (bicyclic) bond motifs is 1. The normalized spacial score (nSPS) is 16.6. The van der Waals surface area contributed by atoms with Crippen molar-refractivity contribution in [1.29, 1.82) is 0 Å². The van der Waals surface area contributed by atoms with Crippen molar-refractivity contribution in [1.82, 2.24) is 0 Å². The first kappa shape index (κ1) is 11.5. The highest BCUT2D eigenvalue weighted by Gasteiger charge is 2.21. The van der Waals surface area contributed by atoms with Crippen LogP contribution in [0, 0.1) is 5.82 Å². The Labute approximate surface area is 100 Å². The Morgan fingerprint density at radius 2 is 2.31 bits per heavy atom. The van der Waals surface area contributed by atoms with Gasteiger partial charge in [-0.25, -0.2) is 4.39 Å². The quantitative estimate of drug-likeness (QED) is 0.854. The number of halogens is 2. The van der Waals surface area contributed by atoms with Crippen molar-refractivity contribution in [2.45, 2.75) is 26.3 Å². The fourth-order valence-corrected chi connectivity index (χ4v) is 2.19. The minimum atomic E-state index is -0.350. The van der Waals surface area contributed by atoms with Gasteiger partial charge in [-0.2, -0.15) is 0 Å². The zero-order valence-electron chi connectivity index (χ0n) is 9.56. The SMILES string of the molecule is CCC(C)N1CCNc2cc(Cl)c(F)cc21. The Morgan fingerprint density at radius 1 is 1.56 bits per heavy atom. The number of nitrogens with one attached hydrogen (secondary N) is 1. The molecule has 0 spiro atoms. The monoisotopic (exact) mass is 242 g/mol. The van der Waals surface area contributed by atoms with E-state index in [1.54, 1.807) is 6.07 Å². The van der Waals surface area contributed by atoms with Gasteiger partial charge in [-0.15, -0.1) is 0 Å². The molecule has 88 valence electrons. The molecule has 1 aliphatic heterocycles. The molecule has 1 N–H and O–H groups in total. The Hall–Kier alpha value is -0.960. The number of nitrogens with zero attached hydrogens (tertiary/aromatic N) is 1. The molecule has 1 heterocycles. The second-order valence-corrected chi connectivity index (χ2v) is 4.57. The van der Waals surface area contributed by atoms with Crippen LogP contribution in [0.4, 0.5) is 15.8 Å². The van der Waals surface area contributed by atoms with Gasteiger partial charge in [0, 0.05) is 25.2 Å². The van der Waals surface area contributed by atoms with Crippen molar-refractivity contribution in [3.8, 4) is 0 Å². The zero-order valence-corrected chi connectivity index (χ0v) is 10.3. The van der Waals surface area contributed by atoms with E-state index in [-0.39, 0.29) is 10.8 Å². The predicted octanol–water partition coefficient (Wildman–Crippen LogP) is 3.51. The Bertz CT molecular complexity index is 395. The second kappa shape index (κ2) is 4.50. The van der Waals surface area contributed by atoms with Crippen molar-refractivity contribution >= 4 is 23.0 Å². The first-order valence-corrected chi connectivity index (χ1v) is 6.00. The number of hydrogen-bond donors (Lipinski definition) is 1. The number of anilines is 2. The average molecular weight is 243 g/mol. The van der Waals surface area contributed by atoms with Crippen molar-refractivity contribution in [3.05, 3.63) is 23.0 Å². The molecule has 1 aliphatic rings. The van der Waals surface area contributed by atoms with E-state index in [1.807, 2.05) is 0 Å². The van der Waals surface area contributed by atoms with E-state index in [9.17, 15) is 4.39 Å². The fourth-order valence-electron chi connectivity index (χ4n) is 2.03. The lowest BCUT2D eigenvalue weighted by Gasteiger charge is -2.36. The molecule has 0 saturated carbocycles. The van der Waals surface area contributed by atoms with Crippen LogP contribution >= 0.6 is 11.6 Å². The van der Waals surface area contributed by atoms with Gasteiger partial charge < -0.3 is 10.2 Å². The molecule has 0 fully saturated rings. The molecule has 0 saturated heterocycles. The summed E-state index contributed by atoms with van der Waals surface area (Å²) >= 11 is 5.77. The van der Waals surface area contributed by atoms with Gasteiger partial charge in [-0.05, 0) is 19.4 Å². The van der Waals surface area contributed by atoms with Gasteiger partial charge in [-0.3, -0.25) is 0 Å². The zero-order chi connectivity index (χ0) is 11.7. The summed E-state index contributed by atoms with van der Waals surface area (Å²) in [6, 6.07) is 3.61. The third kappa shape index (κ3) is 1.96. The van der Waals surface area contributed by atoms with Gasteiger partial charge >= 0.3 is 0 Å². The van der Waals surface area contributed by atoms with E-state index in [1.165, 1.54) is 6.07 Å². The number of hydrogen-bond acceptors (Lipinski definition) is 2. The molecule has 4 heteroatoms. The summed E-state index contributed by atoms with van der Waals surface area (Å²) in [6.07, 6.45) is 1.05. The van der Waals surface area contributed by atoms with Gasteiger partial charge in [0.15, 0.2) is 0 Å². The summed E-state index contributed by atoms with van der Waals surface area (Å²) < 4.78 is 13.5. The third-order valence-corrected chi connectivity index (χ3v) is 3.43. The van der Waals surface area contributed by atoms with Crippen molar-refractivity contribution in [2.24, 2.45) is 0 Å². The van der Waals surface area contributed by atoms with E-state index >= 15 is 0 Å². The molecule has 2 nitrogen and oxygen atoms in total. The molecular weight excluding hydrogens is 227 g/mol. The maximum atomic E-state index is 13.5. The van der Waals surface area contributed by atoms with E-state index in [0.717, 1.165) is 30.9 Å². The number of benzene rings is 1. The molecule has 0 aliphatic carbocycles. The van der Waals surface area contributed by atoms with Gasteiger partial charge in [0.1, 0.15) is 5.82 Å². The maximum absolute atomic E-state index is 13.5. The molecule has 1 aromatic rings. The Balaban J connectivity index is 2.41. The van der Waals surface area contributed by atoms with Crippen LogP contribution in [-0.2, 0) is 0 Å². The summed E-state index contributed by atoms with van der Waals surface area (Å²) in [5.41, 5.74) is 1.85. The van der Waals surface area contributed by atoms with Crippen LogP contribution in [0.5, 0.6) is 0 Å². The average Bonchev–Trinajstić information content (AvgIpc) is 2.29. The molecule has 0 aromatic heterocycles. The second-order valence-electron chi connectivity index (χ2n) is 4.16. The molecule has 1 atom stereocenters. The van der Waals surface area contributed by atoms with E-state index in [0.29, 0.717) is 6.04 Å². The highest BCUT2D eigenvalue weighted by molar-refractivity contribution is 6.31. The van der Waals surface area contributed by atoms with E-state index in [2.05, 4.69) is 24.1 Å². The molecule has 2 rings (SSSR count). The van der Waals surface area contributed by atoms with E-state index in [4.69, 9.17) is 11.6 Å². The van der Waals surface area contributed by atoms with Gasteiger partial charge in [0.2, 0.25) is 0 Å². The van der Waals surface area contributed by atoms with Crippen LogP contribution in [0.3, 0.4) is 0 Å². The van der Waals surface area contributed by atoms with Crippen LogP contribution in [-0.4, -0.2) is 19.1 Å². The minimum Gasteiger partial charge on any atom is -0.382 e. The largest absolute Gasteiger partial charge is 0.382 e. The molecular formula is C12H16ClFN2. The highest BCUT2D eigenvalue weighted by atomic mass is 35.5. The standard InChI is InChI=1S/C12H16ClFN2/c1-3-8(2)16-5-4-15-11-6-9(13)10(14)7-12(11)16/h6-8,15H,3-5H2,1-2H3. The molecule has 1 aromatic carbocycles. The summed E-state index contributed by atoms with van der Waals surface area (Å²) in [4.78, 5) is 2.23. The van der Waals surface area contributed by atoms with Crippen molar-refractivity contribution in [3.63, 3.8) is 0 Å². The van der Waals surface area contributed by atoms with Crippen molar-refractivity contribution < 1.29 is 4.39 Å². The Kier molecular flexibility index (Phi) is 3.24. The number of rotatable bonds is 2. The van der Waals surface area contributed by atoms with E-state index < -0.39 is 0 Å². The molecule has 0 radical (unpaired) electrons. The van der Waals surface area contributed by atoms with Crippen LogP contribution < -0.4 is 10.2 Å². The first-order valence-electron chi connectivity index (χ1n) is 5.63. The van der Waals surface area contributed by atoms with Gasteiger partial charge in [0.25, 0.3) is 0 Å². The topological polar surface area (TPSA) is 15.3 Å². The Morgan fingerprint density at radius 3 is 3.00 bits per heavy atom. The lowest BCUT2D eigenvalue weighted by Crippen LogP contribution is -2.40. The molecule has 1 unspecified atom stereocenters. The van der Waals surface area contributed by atoms with Crippen LogP contribution in [0.15, 0.2) is 12.1 Å². The van der Waals surface area contributed by atoms with Gasteiger partial charge in [0.05, 0.1) is 16.4 Å². The molecule has 16 heavy (non-hydrogen) atoms. The minimum absolute atomic E-state index is 0.178. The first-order chi connectivity index (χ1) is 7.63. The summed E-state index contributed by atoms with van der Waals surface area (Å²) in [5, 5.41) is 3.42. The summed E-state index contributed by atoms with van der Waals surface area (Å²) in [5.74, 6) is -0.350. The molecule has 0 bridgehead atoms. The smallest absolute Gasteiger partial charge is 0.144 e. The highest BCUT2D eigenvalue weighted by Crippen LogP contribution is 2.34. The third-order valence-electron chi connectivity index (χ3n) is 3.14. The van der Waals surface area contributed by atoms with Crippen LogP contribution in [0.25, 0.3) is 0 Å². The van der Waals surface area contributed by atoms with Crippen LogP contribution in [0.2, 0.25) is 5.02 Å². The lowest BCUT2D eigenvalue weighted by molar-refractivity contribution is 0.602. The molecule has 0 amide bonds. The lowest BCUT2D eigenvalue weighted by atomic mass is 10.1. The summed E-state index contributed by atoms with van der Waals surface area (Å²) in [6.45, 7) is 6.07. The summed E-state index contributed by atoms with van der Waals surface area (Å²) in [7, 11) is 0. The van der Waals surface area contributed by atoms with Crippen LogP contribution in [0.1, 0.15) is 20.3 Å². The van der Waals surface area contributed by atoms with Gasteiger partial charge in [-0.1, -0.05) is 18.5 Å². The van der Waals surface area contributed by atoms with Crippen molar-refractivity contribution in [2.75, 3.05) is 23.3 Å². The fraction of sp³-hybridized carbons (Fsp3) is 0.500. The maximum Gasteiger partial charge on any atom is 0.144 e. The predicted molar refractivity (Wildman–Crippen MR) is 67.0 cm³/mol.